The van der Waals surface area contributed by atoms with E-state index in [0.717, 1.165) is 0 Å². The molecule has 0 aliphatic rings. The lowest BCUT2D eigenvalue weighted by Crippen LogP contribution is -2.06. The number of rotatable bonds is 2. The van der Waals surface area contributed by atoms with E-state index in [1.54, 1.807) is 37.3 Å². The molecule has 2 N–H and O–H groups in total. The fraction of sp³-hybridized carbons (Fsp3) is 0.0714. The summed E-state index contributed by atoms with van der Waals surface area (Å²) in [4.78, 5) is 12.1. The second kappa shape index (κ2) is 4.37. The van der Waals surface area contributed by atoms with Gasteiger partial charge in [0.2, 0.25) is 0 Å². The topological polar surface area (TPSA) is 43.1 Å². The van der Waals surface area contributed by atoms with Crippen LogP contribution in [0.2, 0.25) is 0 Å². The van der Waals surface area contributed by atoms with Crippen molar-refractivity contribution >= 4 is 11.5 Å². The zero-order valence-electron chi connectivity index (χ0n) is 9.41. The molecule has 86 valence electrons. The minimum absolute atomic E-state index is 0.0219. The normalized spacial score (nSPS) is 10.2. The Morgan fingerprint density at radius 1 is 1.18 bits per heavy atom. The van der Waals surface area contributed by atoms with E-state index in [9.17, 15) is 9.18 Å². The second-order valence-corrected chi connectivity index (χ2v) is 3.89. The van der Waals surface area contributed by atoms with Gasteiger partial charge in [0.05, 0.1) is 5.56 Å². The first-order chi connectivity index (χ1) is 8.09. The molecule has 0 fully saturated rings. The van der Waals surface area contributed by atoms with Crippen molar-refractivity contribution in [1.82, 2.24) is 0 Å². The Morgan fingerprint density at radius 3 is 2.47 bits per heavy atom. The predicted molar refractivity (Wildman–Crippen MR) is 65.4 cm³/mol. The Balaban J connectivity index is 2.52. The van der Waals surface area contributed by atoms with Crippen molar-refractivity contribution in [2.45, 2.75) is 6.92 Å². The number of carbonyl (C=O) groups excluding carboxylic acids is 1. The minimum atomic E-state index is -0.506. The van der Waals surface area contributed by atoms with Gasteiger partial charge in [-0.05, 0) is 24.6 Å². The van der Waals surface area contributed by atoms with Gasteiger partial charge in [0.15, 0.2) is 5.78 Å². The maximum Gasteiger partial charge on any atom is 0.196 e. The Bertz CT molecular complexity index is 564. The summed E-state index contributed by atoms with van der Waals surface area (Å²) >= 11 is 0. The van der Waals surface area contributed by atoms with E-state index < -0.39 is 5.82 Å². The predicted octanol–water partition coefficient (Wildman–Crippen LogP) is 2.95. The Kier molecular flexibility index (Phi) is 2.91. The van der Waals surface area contributed by atoms with Crippen molar-refractivity contribution in [2.24, 2.45) is 0 Å². The molecule has 0 saturated heterocycles. The number of aryl methyl sites for hydroxylation is 1. The van der Waals surface area contributed by atoms with Crippen LogP contribution in [-0.2, 0) is 0 Å². The van der Waals surface area contributed by atoms with Gasteiger partial charge in [-0.1, -0.05) is 30.3 Å². The highest BCUT2D eigenvalue weighted by Crippen LogP contribution is 2.20. The summed E-state index contributed by atoms with van der Waals surface area (Å²) in [6, 6.07) is 11.5. The van der Waals surface area contributed by atoms with Crippen LogP contribution in [0.5, 0.6) is 0 Å². The highest BCUT2D eigenvalue weighted by Gasteiger charge is 2.15. The van der Waals surface area contributed by atoms with Gasteiger partial charge < -0.3 is 5.73 Å². The van der Waals surface area contributed by atoms with Crippen LogP contribution in [0.3, 0.4) is 0 Å². The third-order valence-corrected chi connectivity index (χ3v) is 2.56. The summed E-state index contributed by atoms with van der Waals surface area (Å²) in [5.74, 6) is -0.855. The van der Waals surface area contributed by atoms with Crippen LogP contribution < -0.4 is 5.73 Å². The molecular formula is C14H12FNO. The Labute approximate surface area is 98.9 Å². The van der Waals surface area contributed by atoms with Crippen LogP contribution in [-0.4, -0.2) is 5.78 Å². The average molecular weight is 229 g/mol. The second-order valence-electron chi connectivity index (χ2n) is 3.89. The van der Waals surface area contributed by atoms with E-state index in [4.69, 9.17) is 5.73 Å². The minimum Gasteiger partial charge on any atom is -0.399 e. The summed E-state index contributed by atoms with van der Waals surface area (Å²) in [5.41, 5.74) is 6.87. The molecule has 0 aliphatic carbocycles. The summed E-state index contributed by atoms with van der Waals surface area (Å²) in [6.45, 7) is 1.59. The van der Waals surface area contributed by atoms with Crippen molar-refractivity contribution in [3.8, 4) is 0 Å². The van der Waals surface area contributed by atoms with Gasteiger partial charge in [-0.2, -0.15) is 0 Å². The van der Waals surface area contributed by atoms with Crippen LogP contribution >= 0.6 is 0 Å². The van der Waals surface area contributed by atoms with Gasteiger partial charge in [0.25, 0.3) is 0 Å². The molecule has 0 saturated carbocycles. The maximum absolute atomic E-state index is 13.8. The molecule has 0 heterocycles. The Hall–Kier alpha value is -2.16. The van der Waals surface area contributed by atoms with E-state index >= 15 is 0 Å². The van der Waals surface area contributed by atoms with E-state index in [-0.39, 0.29) is 11.3 Å². The van der Waals surface area contributed by atoms with Crippen molar-refractivity contribution in [3.05, 3.63) is 65.0 Å². The van der Waals surface area contributed by atoms with Crippen molar-refractivity contribution in [3.63, 3.8) is 0 Å². The molecule has 3 heteroatoms. The molecule has 0 spiro atoms. The first-order valence-corrected chi connectivity index (χ1v) is 5.25. The maximum atomic E-state index is 13.8. The van der Waals surface area contributed by atoms with Gasteiger partial charge in [0, 0.05) is 11.3 Å². The third-order valence-electron chi connectivity index (χ3n) is 2.56. The van der Waals surface area contributed by atoms with Crippen molar-refractivity contribution in [1.29, 1.82) is 0 Å². The quantitative estimate of drug-likeness (QED) is 0.635. The van der Waals surface area contributed by atoms with Crippen LogP contribution in [0.15, 0.2) is 42.5 Å². The van der Waals surface area contributed by atoms with Crippen LogP contribution in [0.4, 0.5) is 10.1 Å². The van der Waals surface area contributed by atoms with E-state index in [1.165, 1.54) is 12.1 Å². The fourth-order valence-electron chi connectivity index (χ4n) is 1.71. The summed E-state index contributed by atoms with van der Waals surface area (Å²) in [7, 11) is 0. The van der Waals surface area contributed by atoms with Gasteiger partial charge in [-0.15, -0.1) is 0 Å². The van der Waals surface area contributed by atoms with E-state index in [2.05, 4.69) is 0 Å². The molecule has 2 aromatic carbocycles. The summed E-state index contributed by atoms with van der Waals surface area (Å²) in [6.07, 6.45) is 0. The fourth-order valence-corrected chi connectivity index (χ4v) is 1.71. The number of hydrogen-bond donors (Lipinski definition) is 1. The molecule has 0 bridgehead atoms. The lowest BCUT2D eigenvalue weighted by atomic mass is 10.00. The van der Waals surface area contributed by atoms with Crippen molar-refractivity contribution < 1.29 is 9.18 Å². The molecule has 0 amide bonds. The first kappa shape index (κ1) is 11.3. The van der Waals surface area contributed by atoms with Gasteiger partial charge in [0.1, 0.15) is 5.82 Å². The zero-order chi connectivity index (χ0) is 12.4. The van der Waals surface area contributed by atoms with E-state index in [0.29, 0.717) is 16.8 Å². The largest absolute Gasteiger partial charge is 0.399 e. The summed E-state index contributed by atoms with van der Waals surface area (Å²) < 4.78 is 13.8. The smallest absolute Gasteiger partial charge is 0.196 e. The van der Waals surface area contributed by atoms with Crippen LogP contribution in [0.1, 0.15) is 21.5 Å². The average Bonchev–Trinajstić information content (AvgIpc) is 2.34. The SMILES string of the molecule is Cc1cc(N)cc(C(=O)c2ccccc2)c1F. The molecule has 0 radical (unpaired) electrons. The number of anilines is 1. The lowest BCUT2D eigenvalue weighted by Gasteiger charge is -2.06. The summed E-state index contributed by atoms with van der Waals surface area (Å²) in [5, 5.41) is 0. The molecule has 2 aromatic rings. The molecule has 2 nitrogen and oxygen atoms in total. The number of hydrogen-bond acceptors (Lipinski definition) is 2. The van der Waals surface area contributed by atoms with Crippen LogP contribution in [0.25, 0.3) is 0 Å². The number of halogens is 1. The number of nitrogens with two attached hydrogens (primary N) is 1. The van der Waals surface area contributed by atoms with Gasteiger partial charge >= 0.3 is 0 Å². The number of ketones is 1. The first-order valence-electron chi connectivity index (χ1n) is 5.25. The molecule has 0 atom stereocenters. The van der Waals surface area contributed by atoms with E-state index in [1.807, 2.05) is 0 Å². The molecule has 0 aliphatic heterocycles. The molecule has 2 rings (SSSR count). The molecular weight excluding hydrogens is 217 g/mol. The Morgan fingerprint density at radius 2 is 1.82 bits per heavy atom. The highest BCUT2D eigenvalue weighted by molar-refractivity contribution is 6.09. The molecule has 17 heavy (non-hydrogen) atoms. The number of benzene rings is 2. The zero-order valence-corrected chi connectivity index (χ0v) is 9.41. The standard InChI is InChI=1S/C14H12FNO/c1-9-7-11(16)8-12(13(9)15)14(17)10-5-3-2-4-6-10/h2-8H,16H2,1H3. The van der Waals surface area contributed by atoms with Crippen molar-refractivity contribution in [2.75, 3.05) is 5.73 Å². The lowest BCUT2D eigenvalue weighted by molar-refractivity contribution is 0.103. The van der Waals surface area contributed by atoms with Gasteiger partial charge in [-0.3, -0.25) is 4.79 Å². The molecule has 0 aromatic heterocycles. The number of carbonyl (C=O) groups is 1. The highest BCUT2D eigenvalue weighted by atomic mass is 19.1. The number of nitrogen functional groups attached to an aromatic ring is 1. The van der Waals surface area contributed by atoms with Gasteiger partial charge in [-0.25, -0.2) is 4.39 Å². The molecule has 0 unspecified atom stereocenters. The monoisotopic (exact) mass is 229 g/mol. The third kappa shape index (κ3) is 2.18. The van der Waals surface area contributed by atoms with Crippen LogP contribution in [0, 0.1) is 12.7 Å².